The molecule has 2 aromatic carbocycles. The molecule has 0 radical (unpaired) electrons. The van der Waals surface area contributed by atoms with Crippen LogP contribution in [0.15, 0.2) is 66.9 Å². The molecule has 0 fully saturated rings. The van der Waals surface area contributed by atoms with Crippen LogP contribution in [0.25, 0.3) is 0 Å². The molecule has 7 nitrogen and oxygen atoms in total. The summed E-state index contributed by atoms with van der Waals surface area (Å²) in [7, 11) is 0. The molecule has 0 saturated carbocycles. The third kappa shape index (κ3) is 4.70. The number of pyridine rings is 1. The van der Waals surface area contributed by atoms with E-state index in [0.717, 1.165) is 11.3 Å². The summed E-state index contributed by atoms with van der Waals surface area (Å²) in [6.45, 7) is 0.524. The fourth-order valence-corrected chi connectivity index (χ4v) is 2.96. The summed E-state index contributed by atoms with van der Waals surface area (Å²) in [4.78, 5) is 29.0. The topological polar surface area (TPSA) is 89.6 Å². The molecule has 2 N–H and O–H groups in total. The number of benzene rings is 2. The van der Waals surface area contributed by atoms with Gasteiger partial charge < -0.3 is 20.1 Å². The summed E-state index contributed by atoms with van der Waals surface area (Å²) >= 11 is 0. The van der Waals surface area contributed by atoms with E-state index < -0.39 is 0 Å². The number of aromatic nitrogens is 1. The van der Waals surface area contributed by atoms with Gasteiger partial charge in [0.1, 0.15) is 0 Å². The van der Waals surface area contributed by atoms with Crippen molar-refractivity contribution >= 4 is 17.5 Å². The van der Waals surface area contributed by atoms with Gasteiger partial charge in [-0.3, -0.25) is 14.6 Å². The molecule has 1 aromatic heterocycles. The van der Waals surface area contributed by atoms with E-state index in [0.29, 0.717) is 29.3 Å². The van der Waals surface area contributed by atoms with E-state index in [2.05, 4.69) is 15.6 Å². The normalized spacial score (nSPS) is 11.7. The van der Waals surface area contributed by atoms with Gasteiger partial charge in [0.25, 0.3) is 5.91 Å². The van der Waals surface area contributed by atoms with E-state index in [9.17, 15) is 9.59 Å². The maximum atomic E-state index is 12.4. The number of hydrogen-bond donors (Lipinski definition) is 2. The van der Waals surface area contributed by atoms with Crippen molar-refractivity contribution in [1.29, 1.82) is 0 Å². The van der Waals surface area contributed by atoms with Crippen LogP contribution < -0.4 is 20.1 Å². The van der Waals surface area contributed by atoms with Crippen LogP contribution in [0.3, 0.4) is 0 Å². The first kappa shape index (κ1) is 18.5. The second-order valence-electron chi connectivity index (χ2n) is 6.50. The number of fused-ring (bicyclic) bond motifs is 1. The van der Waals surface area contributed by atoms with Gasteiger partial charge in [-0.15, -0.1) is 0 Å². The number of amides is 2. The molecule has 1 aliphatic heterocycles. The van der Waals surface area contributed by atoms with Crippen LogP contribution in [0.2, 0.25) is 0 Å². The molecule has 1 aliphatic rings. The average molecular weight is 389 g/mol. The fraction of sp³-hybridized carbons (Fsp3) is 0.136. The van der Waals surface area contributed by atoms with E-state index >= 15 is 0 Å². The maximum Gasteiger partial charge on any atom is 0.251 e. The van der Waals surface area contributed by atoms with Crippen molar-refractivity contribution in [2.45, 2.75) is 13.0 Å². The Morgan fingerprint density at radius 3 is 2.72 bits per heavy atom. The van der Waals surface area contributed by atoms with Crippen LogP contribution in [-0.2, 0) is 17.8 Å². The van der Waals surface area contributed by atoms with E-state index in [1.54, 1.807) is 42.6 Å². The van der Waals surface area contributed by atoms with Crippen molar-refractivity contribution in [3.63, 3.8) is 0 Å². The zero-order valence-electron chi connectivity index (χ0n) is 15.6. The van der Waals surface area contributed by atoms with Crippen LogP contribution in [0.4, 0.5) is 5.69 Å². The summed E-state index contributed by atoms with van der Waals surface area (Å²) in [5.74, 6) is 0.866. The van der Waals surface area contributed by atoms with E-state index in [4.69, 9.17) is 9.47 Å². The summed E-state index contributed by atoms with van der Waals surface area (Å²) in [6.07, 6.45) is 1.83. The Morgan fingerprint density at radius 1 is 0.966 bits per heavy atom. The Bertz CT molecular complexity index is 1040. The monoisotopic (exact) mass is 389 g/mol. The number of anilines is 1. The summed E-state index contributed by atoms with van der Waals surface area (Å²) in [6, 6.07) is 17.8. The molecule has 0 atom stereocenters. The number of carbonyl (C=O) groups is 2. The molecular weight excluding hydrogens is 370 g/mol. The van der Waals surface area contributed by atoms with Gasteiger partial charge in [-0.1, -0.05) is 18.2 Å². The van der Waals surface area contributed by atoms with Crippen LogP contribution in [0, 0.1) is 0 Å². The zero-order chi connectivity index (χ0) is 20.1. The third-order valence-electron chi connectivity index (χ3n) is 4.37. The van der Waals surface area contributed by atoms with Gasteiger partial charge in [-0.05, 0) is 42.0 Å². The van der Waals surface area contributed by atoms with Crippen molar-refractivity contribution in [2.75, 3.05) is 12.1 Å². The number of rotatable bonds is 6. The first-order valence-electron chi connectivity index (χ1n) is 9.14. The quantitative estimate of drug-likeness (QED) is 0.677. The summed E-state index contributed by atoms with van der Waals surface area (Å²) in [5.41, 5.74) is 2.65. The summed E-state index contributed by atoms with van der Waals surface area (Å²) < 4.78 is 10.6. The largest absolute Gasteiger partial charge is 0.454 e. The lowest BCUT2D eigenvalue weighted by atomic mass is 10.1. The minimum atomic E-state index is -0.214. The van der Waals surface area contributed by atoms with Crippen molar-refractivity contribution in [3.8, 4) is 11.5 Å². The molecule has 0 bridgehead atoms. The lowest BCUT2D eigenvalue weighted by molar-refractivity contribution is -0.115. The Labute approximate surface area is 167 Å². The predicted molar refractivity (Wildman–Crippen MR) is 107 cm³/mol. The number of hydrogen-bond acceptors (Lipinski definition) is 5. The van der Waals surface area contributed by atoms with Crippen LogP contribution in [0.1, 0.15) is 21.6 Å². The fourth-order valence-electron chi connectivity index (χ4n) is 2.96. The molecule has 7 heteroatoms. The lowest BCUT2D eigenvalue weighted by Gasteiger charge is -2.08. The van der Waals surface area contributed by atoms with Crippen LogP contribution in [-0.4, -0.2) is 23.6 Å². The lowest BCUT2D eigenvalue weighted by Crippen LogP contribution is -2.23. The molecule has 0 unspecified atom stereocenters. The first-order valence-corrected chi connectivity index (χ1v) is 9.14. The van der Waals surface area contributed by atoms with Crippen LogP contribution in [0.5, 0.6) is 11.5 Å². The SMILES string of the molecule is O=C(Cc1cccc(C(=O)NCc2ccccn2)c1)Nc1ccc2c(c1)OCO2. The molecule has 146 valence electrons. The van der Waals surface area contributed by atoms with E-state index in [-0.39, 0.29) is 25.0 Å². The van der Waals surface area contributed by atoms with Gasteiger partial charge in [0.15, 0.2) is 11.5 Å². The highest BCUT2D eigenvalue weighted by Crippen LogP contribution is 2.34. The number of ether oxygens (including phenoxy) is 2. The Kier molecular flexibility index (Phi) is 5.38. The Balaban J connectivity index is 1.35. The standard InChI is InChI=1S/C22H19N3O4/c26-21(25-17-7-8-19-20(12-17)29-14-28-19)11-15-4-3-5-16(10-15)22(27)24-13-18-6-1-2-9-23-18/h1-10,12H,11,13-14H2,(H,24,27)(H,25,26). The van der Waals surface area contributed by atoms with Gasteiger partial charge in [0.2, 0.25) is 12.7 Å². The first-order chi connectivity index (χ1) is 14.2. The molecule has 0 spiro atoms. The molecule has 0 aliphatic carbocycles. The number of carbonyl (C=O) groups excluding carboxylic acids is 2. The van der Waals surface area contributed by atoms with Crippen molar-refractivity contribution in [3.05, 3.63) is 83.7 Å². The van der Waals surface area contributed by atoms with Crippen molar-refractivity contribution < 1.29 is 19.1 Å². The predicted octanol–water partition coefficient (Wildman–Crippen LogP) is 2.92. The third-order valence-corrected chi connectivity index (χ3v) is 4.37. The minimum Gasteiger partial charge on any atom is -0.454 e. The maximum absolute atomic E-state index is 12.4. The molecule has 29 heavy (non-hydrogen) atoms. The average Bonchev–Trinajstić information content (AvgIpc) is 3.21. The van der Waals surface area contributed by atoms with Gasteiger partial charge in [0.05, 0.1) is 18.7 Å². The van der Waals surface area contributed by atoms with Gasteiger partial charge in [0, 0.05) is 23.5 Å². The Morgan fingerprint density at radius 2 is 1.86 bits per heavy atom. The van der Waals surface area contributed by atoms with Crippen molar-refractivity contribution in [2.24, 2.45) is 0 Å². The van der Waals surface area contributed by atoms with Crippen molar-refractivity contribution in [1.82, 2.24) is 10.3 Å². The second kappa shape index (κ2) is 8.43. The highest BCUT2D eigenvalue weighted by atomic mass is 16.7. The zero-order valence-corrected chi connectivity index (χ0v) is 15.6. The molecule has 2 amide bonds. The van der Waals surface area contributed by atoms with Gasteiger partial charge in [-0.2, -0.15) is 0 Å². The smallest absolute Gasteiger partial charge is 0.251 e. The minimum absolute atomic E-state index is 0.149. The number of nitrogens with one attached hydrogen (secondary N) is 2. The highest BCUT2D eigenvalue weighted by Gasteiger charge is 2.14. The summed E-state index contributed by atoms with van der Waals surface area (Å²) in [5, 5.41) is 5.66. The van der Waals surface area contributed by atoms with E-state index in [1.165, 1.54) is 0 Å². The van der Waals surface area contributed by atoms with Crippen LogP contribution >= 0.6 is 0 Å². The highest BCUT2D eigenvalue weighted by molar-refractivity contribution is 5.95. The van der Waals surface area contributed by atoms with Gasteiger partial charge >= 0.3 is 0 Å². The Hall–Kier alpha value is -3.87. The molecule has 0 saturated heterocycles. The number of nitrogens with zero attached hydrogens (tertiary/aromatic N) is 1. The second-order valence-corrected chi connectivity index (χ2v) is 6.50. The molecule has 2 heterocycles. The molecule has 3 aromatic rings. The molecular formula is C22H19N3O4. The van der Waals surface area contributed by atoms with Gasteiger partial charge in [-0.25, -0.2) is 0 Å². The molecule has 4 rings (SSSR count). The van der Waals surface area contributed by atoms with E-state index in [1.807, 2.05) is 24.3 Å².